The number of benzene rings is 2. The van der Waals surface area contributed by atoms with Gasteiger partial charge in [0.15, 0.2) is 17.7 Å². The van der Waals surface area contributed by atoms with E-state index < -0.39 is 23.6 Å². The molecule has 3 rings (SSSR count). The van der Waals surface area contributed by atoms with Crippen LogP contribution < -0.4 is 15.5 Å². The maximum Gasteiger partial charge on any atom is 0.270 e. The van der Waals surface area contributed by atoms with Crippen molar-refractivity contribution < 1.29 is 23.1 Å². The summed E-state index contributed by atoms with van der Waals surface area (Å²) >= 11 is 0. The number of hydrogen-bond donors (Lipinski definition) is 2. The lowest BCUT2D eigenvalue weighted by molar-refractivity contribution is -0.122. The smallest absolute Gasteiger partial charge is 0.270 e. The quantitative estimate of drug-likeness (QED) is 0.637. The largest absolute Gasteiger partial charge is 0.481 e. The molecule has 1 unspecified atom stereocenters. The van der Waals surface area contributed by atoms with Crippen molar-refractivity contribution in [2.75, 3.05) is 10.7 Å². The van der Waals surface area contributed by atoms with Gasteiger partial charge in [-0.25, -0.2) is 8.78 Å². The van der Waals surface area contributed by atoms with Crippen LogP contribution in [-0.2, 0) is 4.79 Å². The Kier molecular flexibility index (Phi) is 6.15. The average molecular weight is 413 g/mol. The normalized spacial score (nSPS) is 11.6. The molecule has 0 radical (unpaired) electrons. The van der Waals surface area contributed by atoms with Gasteiger partial charge in [-0.15, -0.1) is 0 Å². The van der Waals surface area contributed by atoms with Crippen molar-refractivity contribution in [2.24, 2.45) is 0 Å². The predicted molar refractivity (Wildman–Crippen MR) is 109 cm³/mol. The number of nitrogens with one attached hydrogen (secondary N) is 2. The summed E-state index contributed by atoms with van der Waals surface area (Å²) in [5.74, 6) is -2.48. The van der Waals surface area contributed by atoms with E-state index in [0.717, 1.165) is 23.5 Å². The van der Waals surface area contributed by atoms with Crippen molar-refractivity contribution in [1.82, 2.24) is 4.68 Å². The lowest BCUT2D eigenvalue weighted by atomic mass is 10.2. The summed E-state index contributed by atoms with van der Waals surface area (Å²) < 4.78 is 33.5. The molecular formula is C22H21F2N3O3. The molecule has 1 aromatic heterocycles. The lowest BCUT2D eigenvalue weighted by Gasteiger charge is -2.15. The summed E-state index contributed by atoms with van der Waals surface area (Å²) in [6.45, 7) is 5.29. The summed E-state index contributed by atoms with van der Waals surface area (Å²) in [6.07, 6.45) is -0.900. The fourth-order valence-electron chi connectivity index (χ4n) is 2.77. The van der Waals surface area contributed by atoms with Crippen LogP contribution in [0.4, 0.5) is 14.5 Å². The van der Waals surface area contributed by atoms with Crippen LogP contribution in [0, 0.1) is 25.5 Å². The molecule has 2 N–H and O–H groups in total. The topological polar surface area (TPSA) is 72.4 Å². The Morgan fingerprint density at radius 3 is 2.17 bits per heavy atom. The van der Waals surface area contributed by atoms with E-state index in [1.54, 1.807) is 28.9 Å². The molecule has 0 aliphatic carbocycles. The number of aromatic nitrogens is 1. The molecule has 1 atom stereocenters. The third-order valence-corrected chi connectivity index (χ3v) is 4.47. The monoisotopic (exact) mass is 413 g/mol. The molecule has 1 heterocycles. The molecule has 0 bridgehead atoms. The number of rotatable bonds is 6. The van der Waals surface area contributed by atoms with E-state index in [-0.39, 0.29) is 11.6 Å². The molecule has 2 amide bonds. The van der Waals surface area contributed by atoms with E-state index in [2.05, 4.69) is 10.7 Å². The minimum Gasteiger partial charge on any atom is -0.481 e. The molecule has 0 saturated heterocycles. The third-order valence-electron chi connectivity index (χ3n) is 4.47. The number of amides is 2. The number of hydrogen-bond acceptors (Lipinski definition) is 3. The van der Waals surface area contributed by atoms with Gasteiger partial charge in [-0.05, 0) is 69.3 Å². The zero-order valence-electron chi connectivity index (χ0n) is 16.7. The summed E-state index contributed by atoms with van der Waals surface area (Å²) in [5, 5.41) is 2.46. The first-order chi connectivity index (χ1) is 14.2. The highest BCUT2D eigenvalue weighted by Gasteiger charge is 2.16. The van der Waals surface area contributed by atoms with E-state index in [1.807, 2.05) is 26.0 Å². The molecule has 0 saturated carbocycles. The van der Waals surface area contributed by atoms with Gasteiger partial charge in [0, 0.05) is 28.7 Å². The lowest BCUT2D eigenvalue weighted by Crippen LogP contribution is -2.30. The van der Waals surface area contributed by atoms with Crippen LogP contribution in [0.1, 0.15) is 28.7 Å². The van der Waals surface area contributed by atoms with E-state index >= 15 is 0 Å². The first-order valence-corrected chi connectivity index (χ1v) is 9.23. The van der Waals surface area contributed by atoms with Crippen molar-refractivity contribution in [2.45, 2.75) is 26.9 Å². The number of halogens is 2. The van der Waals surface area contributed by atoms with Crippen molar-refractivity contribution in [3.63, 3.8) is 0 Å². The van der Waals surface area contributed by atoms with Crippen LogP contribution in [-0.4, -0.2) is 22.6 Å². The van der Waals surface area contributed by atoms with Gasteiger partial charge < -0.3 is 10.1 Å². The molecule has 3 aromatic rings. The first kappa shape index (κ1) is 21.0. The maximum atomic E-state index is 13.3. The maximum absolute atomic E-state index is 13.3. The number of carbonyl (C=O) groups excluding carboxylic acids is 2. The van der Waals surface area contributed by atoms with Gasteiger partial charge in [0.2, 0.25) is 0 Å². The van der Waals surface area contributed by atoms with Crippen LogP contribution in [0.15, 0.2) is 54.6 Å². The van der Waals surface area contributed by atoms with Gasteiger partial charge in [0.05, 0.1) is 0 Å². The van der Waals surface area contributed by atoms with E-state index in [1.165, 1.54) is 13.0 Å². The first-order valence-electron chi connectivity index (χ1n) is 9.23. The van der Waals surface area contributed by atoms with Gasteiger partial charge in [-0.2, -0.15) is 0 Å². The summed E-state index contributed by atoms with van der Waals surface area (Å²) in [6, 6.07) is 13.2. The second-order valence-corrected chi connectivity index (χ2v) is 6.80. The van der Waals surface area contributed by atoms with E-state index in [0.29, 0.717) is 11.3 Å². The molecule has 0 aliphatic rings. The second kappa shape index (κ2) is 8.77. The summed E-state index contributed by atoms with van der Waals surface area (Å²) in [4.78, 5) is 24.6. The molecule has 8 heteroatoms. The van der Waals surface area contributed by atoms with Crippen LogP contribution >= 0.6 is 0 Å². The number of aryl methyl sites for hydroxylation is 2. The van der Waals surface area contributed by atoms with Crippen molar-refractivity contribution in [3.05, 3.63) is 83.2 Å². The molecule has 0 spiro atoms. The van der Waals surface area contributed by atoms with E-state index in [4.69, 9.17) is 4.74 Å². The van der Waals surface area contributed by atoms with Crippen LogP contribution in [0.3, 0.4) is 0 Å². The van der Waals surface area contributed by atoms with Crippen molar-refractivity contribution >= 4 is 17.5 Å². The predicted octanol–water partition coefficient (Wildman–Crippen LogP) is 4.17. The Hall–Kier alpha value is -3.68. The molecule has 30 heavy (non-hydrogen) atoms. The van der Waals surface area contributed by atoms with Crippen molar-refractivity contribution in [1.29, 1.82) is 0 Å². The van der Waals surface area contributed by atoms with Gasteiger partial charge in [-0.1, -0.05) is 0 Å². The van der Waals surface area contributed by atoms with Gasteiger partial charge in [-0.3, -0.25) is 19.7 Å². The SMILES string of the molecule is Cc1ccc(C)n1NC(=O)c1ccc(OC(C)C(=O)Nc2ccc(F)c(F)c2)cc1. The fraction of sp³-hybridized carbons (Fsp3) is 0.182. The summed E-state index contributed by atoms with van der Waals surface area (Å²) in [5.41, 5.74) is 5.16. The Balaban J connectivity index is 1.59. The van der Waals surface area contributed by atoms with Crippen LogP contribution in [0.5, 0.6) is 5.75 Å². The minimum absolute atomic E-state index is 0.122. The van der Waals surface area contributed by atoms with E-state index in [9.17, 15) is 18.4 Å². The zero-order chi connectivity index (χ0) is 21.8. The van der Waals surface area contributed by atoms with Gasteiger partial charge in [0.1, 0.15) is 5.75 Å². The summed E-state index contributed by atoms with van der Waals surface area (Å²) in [7, 11) is 0. The molecule has 156 valence electrons. The van der Waals surface area contributed by atoms with Crippen LogP contribution in [0.25, 0.3) is 0 Å². The number of nitrogens with zero attached hydrogens (tertiary/aromatic N) is 1. The molecule has 0 aliphatic heterocycles. The zero-order valence-corrected chi connectivity index (χ0v) is 16.7. The Bertz CT molecular complexity index is 1060. The number of anilines is 1. The highest BCUT2D eigenvalue weighted by Crippen LogP contribution is 2.17. The standard InChI is InChI=1S/C22H21F2N3O3/c1-13-4-5-14(2)27(13)26-22(29)16-6-9-18(10-7-16)30-15(3)21(28)25-17-8-11-19(23)20(24)12-17/h4-12,15H,1-3H3,(H,25,28)(H,26,29). The van der Waals surface area contributed by atoms with Gasteiger partial charge in [0.25, 0.3) is 11.8 Å². The fourth-order valence-corrected chi connectivity index (χ4v) is 2.77. The van der Waals surface area contributed by atoms with Crippen molar-refractivity contribution in [3.8, 4) is 5.75 Å². The minimum atomic E-state index is -1.06. The average Bonchev–Trinajstić information content (AvgIpc) is 3.03. The number of carbonyl (C=O) groups is 2. The molecule has 2 aromatic carbocycles. The van der Waals surface area contributed by atoms with Gasteiger partial charge >= 0.3 is 0 Å². The molecular weight excluding hydrogens is 392 g/mol. The molecule has 6 nitrogen and oxygen atoms in total. The highest BCUT2D eigenvalue weighted by atomic mass is 19.2. The Morgan fingerprint density at radius 1 is 0.933 bits per heavy atom. The molecule has 0 fully saturated rings. The van der Waals surface area contributed by atoms with Crippen LogP contribution in [0.2, 0.25) is 0 Å². The highest BCUT2D eigenvalue weighted by molar-refractivity contribution is 6.00. The second-order valence-electron chi connectivity index (χ2n) is 6.80. The number of ether oxygens (including phenoxy) is 1. The Morgan fingerprint density at radius 2 is 1.57 bits per heavy atom. The Labute approximate surface area is 172 Å². The third kappa shape index (κ3) is 4.83.